The van der Waals surface area contributed by atoms with E-state index in [2.05, 4.69) is 10.3 Å². The molecule has 1 unspecified atom stereocenters. The molecule has 0 saturated carbocycles. The molecule has 0 saturated heterocycles. The first kappa shape index (κ1) is 14.8. The number of hydrogen-bond acceptors (Lipinski definition) is 3. The second kappa shape index (κ2) is 6.74. The number of nitrogens with one attached hydrogen (secondary N) is 2. The van der Waals surface area contributed by atoms with Gasteiger partial charge in [-0.15, -0.1) is 0 Å². The van der Waals surface area contributed by atoms with Crippen LogP contribution in [0.4, 0.5) is 0 Å². The van der Waals surface area contributed by atoms with Gasteiger partial charge >= 0.3 is 0 Å². The van der Waals surface area contributed by atoms with Crippen LogP contribution >= 0.6 is 0 Å². The molecule has 0 aliphatic rings. The van der Waals surface area contributed by atoms with Gasteiger partial charge in [-0.3, -0.25) is 9.59 Å². The number of ether oxygens (including phenoxy) is 1. The molecular weight excluding hydrogens is 268 g/mol. The number of benzene rings is 1. The van der Waals surface area contributed by atoms with E-state index in [9.17, 15) is 9.59 Å². The molecule has 2 N–H and O–H groups in total. The molecule has 1 amide bonds. The zero-order chi connectivity index (χ0) is 15.2. The SMILES string of the molecule is Cc1ccc(OCC(C)NC(=O)c2c[nH]ccc2=O)cc1. The third-order valence-corrected chi connectivity index (χ3v) is 2.97. The number of H-pyrrole nitrogens is 1. The maximum absolute atomic E-state index is 11.9. The van der Waals surface area contributed by atoms with Gasteiger partial charge in [0.25, 0.3) is 5.91 Å². The summed E-state index contributed by atoms with van der Waals surface area (Å²) in [6.45, 7) is 4.16. The van der Waals surface area contributed by atoms with Crippen molar-refractivity contribution < 1.29 is 9.53 Å². The van der Waals surface area contributed by atoms with Gasteiger partial charge in [0.15, 0.2) is 5.43 Å². The number of aryl methyl sites for hydroxylation is 1. The maximum atomic E-state index is 11.9. The molecule has 0 bridgehead atoms. The number of pyridine rings is 1. The van der Waals surface area contributed by atoms with Gasteiger partial charge in [0, 0.05) is 18.5 Å². The molecule has 5 nitrogen and oxygen atoms in total. The van der Waals surface area contributed by atoms with E-state index in [-0.39, 0.29) is 17.0 Å². The van der Waals surface area contributed by atoms with E-state index in [0.717, 1.165) is 11.3 Å². The molecule has 0 spiro atoms. The highest BCUT2D eigenvalue weighted by Gasteiger charge is 2.12. The average Bonchev–Trinajstić information content (AvgIpc) is 2.47. The van der Waals surface area contributed by atoms with E-state index in [1.54, 1.807) is 0 Å². The number of aromatic amines is 1. The van der Waals surface area contributed by atoms with Crippen LogP contribution in [0.1, 0.15) is 22.8 Å². The van der Waals surface area contributed by atoms with Crippen molar-refractivity contribution in [2.45, 2.75) is 19.9 Å². The molecule has 1 aromatic carbocycles. The van der Waals surface area contributed by atoms with Crippen molar-refractivity contribution >= 4 is 5.91 Å². The van der Waals surface area contributed by atoms with Gasteiger partial charge in [-0.2, -0.15) is 0 Å². The van der Waals surface area contributed by atoms with Gasteiger partial charge < -0.3 is 15.0 Å². The van der Waals surface area contributed by atoms with Crippen molar-refractivity contribution in [2.75, 3.05) is 6.61 Å². The standard InChI is InChI=1S/C16H18N2O3/c1-11-3-5-13(6-4-11)21-10-12(2)18-16(20)14-9-17-8-7-15(14)19/h3-9,12H,10H2,1-2H3,(H,17,19)(H,18,20). The van der Waals surface area contributed by atoms with Gasteiger partial charge in [0.05, 0.1) is 6.04 Å². The van der Waals surface area contributed by atoms with E-state index in [4.69, 9.17) is 4.74 Å². The Labute approximate surface area is 123 Å². The normalized spacial score (nSPS) is 11.7. The third-order valence-electron chi connectivity index (χ3n) is 2.97. The molecule has 1 heterocycles. The second-order valence-corrected chi connectivity index (χ2v) is 4.92. The summed E-state index contributed by atoms with van der Waals surface area (Å²) in [5.74, 6) is 0.344. The van der Waals surface area contributed by atoms with Gasteiger partial charge in [-0.05, 0) is 26.0 Å². The molecule has 2 rings (SSSR count). The maximum Gasteiger partial charge on any atom is 0.257 e. The number of carbonyl (C=O) groups is 1. The van der Waals surface area contributed by atoms with Crippen LogP contribution in [0.25, 0.3) is 0 Å². The lowest BCUT2D eigenvalue weighted by molar-refractivity contribution is 0.0925. The molecule has 21 heavy (non-hydrogen) atoms. The zero-order valence-electron chi connectivity index (χ0n) is 12.1. The predicted octanol–water partition coefficient (Wildman–Crippen LogP) is 1.88. The molecular formula is C16H18N2O3. The quantitative estimate of drug-likeness (QED) is 0.881. The van der Waals surface area contributed by atoms with Crippen LogP contribution in [-0.4, -0.2) is 23.5 Å². The van der Waals surface area contributed by atoms with Gasteiger partial charge in [0.2, 0.25) is 0 Å². The lowest BCUT2D eigenvalue weighted by Gasteiger charge is -2.15. The number of carbonyl (C=O) groups excluding carboxylic acids is 1. The van der Waals surface area contributed by atoms with E-state index in [0.29, 0.717) is 6.61 Å². The molecule has 0 aliphatic carbocycles. The Kier molecular flexibility index (Phi) is 4.77. The zero-order valence-corrected chi connectivity index (χ0v) is 12.1. The highest BCUT2D eigenvalue weighted by molar-refractivity contribution is 5.93. The number of aromatic nitrogens is 1. The summed E-state index contributed by atoms with van der Waals surface area (Å²) in [6, 6.07) is 8.79. The Morgan fingerprint density at radius 3 is 2.67 bits per heavy atom. The van der Waals surface area contributed by atoms with Crippen molar-refractivity contribution in [2.24, 2.45) is 0 Å². The summed E-state index contributed by atoms with van der Waals surface area (Å²) in [7, 11) is 0. The fourth-order valence-corrected chi connectivity index (χ4v) is 1.79. The predicted molar refractivity (Wildman–Crippen MR) is 80.7 cm³/mol. The first-order chi connectivity index (χ1) is 10.1. The monoisotopic (exact) mass is 286 g/mol. The summed E-state index contributed by atoms with van der Waals surface area (Å²) in [5, 5.41) is 2.73. The Morgan fingerprint density at radius 2 is 2.00 bits per heavy atom. The molecule has 1 aromatic heterocycles. The van der Waals surface area contributed by atoms with Crippen molar-refractivity contribution in [3.05, 3.63) is 64.1 Å². The highest BCUT2D eigenvalue weighted by Crippen LogP contribution is 2.11. The van der Waals surface area contributed by atoms with Crippen LogP contribution in [0, 0.1) is 6.92 Å². The van der Waals surface area contributed by atoms with Crippen molar-refractivity contribution in [1.82, 2.24) is 10.3 Å². The largest absolute Gasteiger partial charge is 0.491 e. The Hall–Kier alpha value is -2.56. The number of hydrogen-bond donors (Lipinski definition) is 2. The van der Waals surface area contributed by atoms with Crippen molar-refractivity contribution in [1.29, 1.82) is 0 Å². The Morgan fingerprint density at radius 1 is 1.29 bits per heavy atom. The molecule has 0 radical (unpaired) electrons. The van der Waals surface area contributed by atoms with Crippen LogP contribution in [0.3, 0.4) is 0 Å². The first-order valence-electron chi connectivity index (χ1n) is 6.73. The number of amides is 1. The summed E-state index contributed by atoms with van der Waals surface area (Å²) in [4.78, 5) is 26.2. The fourth-order valence-electron chi connectivity index (χ4n) is 1.79. The third kappa shape index (κ3) is 4.21. The Bertz CT molecular complexity index is 662. The summed E-state index contributed by atoms with van der Waals surface area (Å²) in [5.41, 5.74) is 0.949. The molecule has 0 fully saturated rings. The average molecular weight is 286 g/mol. The molecule has 1 atom stereocenters. The van der Waals surface area contributed by atoms with Gasteiger partial charge in [-0.25, -0.2) is 0 Å². The molecule has 0 aliphatic heterocycles. The fraction of sp³-hybridized carbons (Fsp3) is 0.250. The van der Waals surface area contributed by atoms with E-state index < -0.39 is 5.91 Å². The van der Waals surface area contributed by atoms with Crippen LogP contribution in [0.5, 0.6) is 5.75 Å². The lowest BCUT2D eigenvalue weighted by atomic mass is 10.2. The first-order valence-corrected chi connectivity index (χ1v) is 6.73. The highest BCUT2D eigenvalue weighted by atomic mass is 16.5. The summed E-state index contributed by atoms with van der Waals surface area (Å²) < 4.78 is 5.59. The van der Waals surface area contributed by atoms with Gasteiger partial charge in [0.1, 0.15) is 17.9 Å². The minimum atomic E-state index is -0.406. The topological polar surface area (TPSA) is 71.2 Å². The molecule has 5 heteroatoms. The second-order valence-electron chi connectivity index (χ2n) is 4.92. The van der Waals surface area contributed by atoms with E-state index >= 15 is 0 Å². The molecule has 110 valence electrons. The Balaban J connectivity index is 1.88. The lowest BCUT2D eigenvalue weighted by Crippen LogP contribution is -2.38. The van der Waals surface area contributed by atoms with Crippen molar-refractivity contribution in [3.8, 4) is 5.75 Å². The van der Waals surface area contributed by atoms with Crippen LogP contribution in [-0.2, 0) is 0 Å². The van der Waals surface area contributed by atoms with Crippen LogP contribution in [0.2, 0.25) is 0 Å². The van der Waals surface area contributed by atoms with Gasteiger partial charge in [-0.1, -0.05) is 17.7 Å². The van der Waals surface area contributed by atoms with Crippen LogP contribution in [0.15, 0.2) is 47.5 Å². The minimum absolute atomic E-state index is 0.0969. The summed E-state index contributed by atoms with van der Waals surface area (Å²) >= 11 is 0. The summed E-state index contributed by atoms with van der Waals surface area (Å²) in [6.07, 6.45) is 2.88. The minimum Gasteiger partial charge on any atom is -0.491 e. The smallest absolute Gasteiger partial charge is 0.257 e. The molecule has 2 aromatic rings. The van der Waals surface area contributed by atoms with E-state index in [1.807, 2.05) is 38.1 Å². The van der Waals surface area contributed by atoms with Crippen LogP contribution < -0.4 is 15.5 Å². The van der Waals surface area contributed by atoms with Crippen molar-refractivity contribution in [3.63, 3.8) is 0 Å². The van der Waals surface area contributed by atoms with E-state index in [1.165, 1.54) is 18.5 Å². The number of rotatable bonds is 5.